The molecule has 9 nitrogen and oxygen atoms in total. The van der Waals surface area contributed by atoms with Gasteiger partial charge in [-0.3, -0.25) is 9.89 Å². The fourth-order valence-corrected chi connectivity index (χ4v) is 4.73. The molecule has 1 amide bonds. The lowest BCUT2D eigenvalue weighted by molar-refractivity contribution is -0.0161. The van der Waals surface area contributed by atoms with Gasteiger partial charge in [0.05, 0.1) is 42.0 Å². The van der Waals surface area contributed by atoms with Gasteiger partial charge in [0.2, 0.25) is 0 Å². The van der Waals surface area contributed by atoms with Gasteiger partial charge in [-0.25, -0.2) is 18.7 Å². The Morgan fingerprint density at radius 3 is 2.86 bits per heavy atom. The third kappa shape index (κ3) is 5.21. The monoisotopic (exact) mass is 508 g/mol. The molecule has 0 radical (unpaired) electrons. The number of rotatable bonds is 6. The summed E-state index contributed by atoms with van der Waals surface area (Å²) in [4.78, 5) is 23.2. The number of anilines is 1. The van der Waals surface area contributed by atoms with E-state index in [0.717, 1.165) is 6.08 Å². The molecular weight excluding hydrogens is 482 g/mol. The summed E-state index contributed by atoms with van der Waals surface area (Å²) in [6, 6.07) is -1.24. The zero-order chi connectivity index (χ0) is 25.3. The molecule has 0 unspecified atom stereocenters. The van der Waals surface area contributed by atoms with Crippen molar-refractivity contribution in [3.8, 4) is 0 Å². The summed E-state index contributed by atoms with van der Waals surface area (Å²) < 4.78 is 27.6. The first-order valence-electron chi connectivity index (χ1n) is 11.3. The number of hydrogen-bond acceptors (Lipinski definition) is 7. The van der Waals surface area contributed by atoms with Crippen LogP contribution in [0.5, 0.6) is 0 Å². The zero-order valence-corrected chi connectivity index (χ0v) is 19.8. The van der Waals surface area contributed by atoms with Gasteiger partial charge in [0.15, 0.2) is 11.3 Å². The number of allylic oxidation sites excluding steroid dienone is 3. The quantitative estimate of drug-likeness (QED) is 0.441. The van der Waals surface area contributed by atoms with E-state index in [1.807, 2.05) is 0 Å². The number of aromatic amines is 1. The van der Waals surface area contributed by atoms with E-state index in [2.05, 4.69) is 32.1 Å². The number of likely N-dealkylation sites (tertiary alicyclic amines) is 1. The number of aliphatic hydroxyl groups excluding tert-OH is 2. The van der Waals surface area contributed by atoms with Gasteiger partial charge in [-0.2, -0.15) is 5.10 Å². The van der Waals surface area contributed by atoms with Crippen molar-refractivity contribution in [1.29, 1.82) is 0 Å². The highest BCUT2D eigenvalue weighted by atomic mass is 35.5. The Bertz CT molecular complexity index is 1180. The zero-order valence-electron chi connectivity index (χ0n) is 19.1. The Hall–Kier alpha value is -2.89. The molecule has 1 aliphatic heterocycles. The molecule has 1 saturated heterocycles. The van der Waals surface area contributed by atoms with E-state index in [1.165, 1.54) is 24.2 Å². The van der Waals surface area contributed by atoms with Gasteiger partial charge in [-0.05, 0) is 43.9 Å². The minimum absolute atomic E-state index is 0.0108. The SMILES string of the molecule is C=C(/C(Cl)=C\C=C(/C)F)[C@H]1C[C@H](F)CN1C(=O)c1n[nH]c2ncnc(N[C@@H]3CCC[C@@H](O)[C@H]3O)c12. The molecule has 0 bridgehead atoms. The second kappa shape index (κ2) is 10.4. The lowest BCUT2D eigenvalue weighted by atomic mass is 9.90. The van der Waals surface area contributed by atoms with Crippen LogP contribution in [0, 0.1) is 0 Å². The molecule has 2 aliphatic rings. The summed E-state index contributed by atoms with van der Waals surface area (Å²) in [5, 5.41) is 30.7. The van der Waals surface area contributed by atoms with Gasteiger partial charge in [0, 0.05) is 11.5 Å². The van der Waals surface area contributed by atoms with E-state index in [4.69, 9.17) is 11.6 Å². The maximum absolute atomic E-state index is 14.5. The lowest BCUT2D eigenvalue weighted by Crippen LogP contribution is -2.45. The molecular formula is C23H27ClF2N6O3. The van der Waals surface area contributed by atoms with E-state index in [1.54, 1.807) is 0 Å². The highest BCUT2D eigenvalue weighted by Crippen LogP contribution is 2.34. The number of fused-ring (bicyclic) bond motifs is 1. The van der Waals surface area contributed by atoms with Gasteiger partial charge >= 0.3 is 0 Å². The Morgan fingerprint density at radius 1 is 1.34 bits per heavy atom. The molecule has 0 spiro atoms. The Balaban J connectivity index is 1.64. The molecule has 188 valence electrons. The van der Waals surface area contributed by atoms with E-state index in [-0.39, 0.29) is 46.1 Å². The average Bonchev–Trinajstić information content (AvgIpc) is 3.44. The third-order valence-corrected chi connectivity index (χ3v) is 6.75. The van der Waals surface area contributed by atoms with Gasteiger partial charge in [-0.15, -0.1) is 0 Å². The first-order chi connectivity index (χ1) is 16.7. The van der Waals surface area contributed by atoms with Crippen LogP contribution in [0.3, 0.4) is 0 Å². The second-order valence-electron chi connectivity index (χ2n) is 8.86. The molecule has 1 saturated carbocycles. The van der Waals surface area contributed by atoms with Crippen LogP contribution < -0.4 is 5.32 Å². The fraction of sp³-hybridized carbons (Fsp3) is 0.478. The van der Waals surface area contributed by atoms with Crippen molar-refractivity contribution in [2.75, 3.05) is 11.9 Å². The molecule has 2 fully saturated rings. The number of hydrogen-bond donors (Lipinski definition) is 4. The molecule has 0 aromatic carbocycles. The molecule has 1 aliphatic carbocycles. The van der Waals surface area contributed by atoms with Crippen LogP contribution in [0.2, 0.25) is 0 Å². The number of carbonyl (C=O) groups excluding carboxylic acids is 1. The largest absolute Gasteiger partial charge is 0.390 e. The summed E-state index contributed by atoms with van der Waals surface area (Å²) in [5.74, 6) is -0.776. The maximum Gasteiger partial charge on any atom is 0.275 e. The van der Waals surface area contributed by atoms with E-state index in [9.17, 15) is 23.8 Å². The molecule has 4 N–H and O–H groups in total. The molecule has 2 aromatic heterocycles. The van der Waals surface area contributed by atoms with Crippen LogP contribution in [-0.4, -0.2) is 78.2 Å². The molecule has 4 rings (SSSR count). The van der Waals surface area contributed by atoms with Crippen LogP contribution in [-0.2, 0) is 0 Å². The second-order valence-corrected chi connectivity index (χ2v) is 9.26. The normalized spacial score (nSPS) is 27.9. The first-order valence-corrected chi connectivity index (χ1v) is 11.7. The van der Waals surface area contributed by atoms with Crippen LogP contribution in [0.25, 0.3) is 11.0 Å². The van der Waals surface area contributed by atoms with E-state index in [0.29, 0.717) is 19.3 Å². The predicted octanol–water partition coefficient (Wildman–Crippen LogP) is 3.14. The third-order valence-electron chi connectivity index (χ3n) is 6.38. The van der Waals surface area contributed by atoms with Crippen molar-refractivity contribution in [2.45, 2.75) is 63.1 Å². The number of carbonyl (C=O) groups is 1. The predicted molar refractivity (Wildman–Crippen MR) is 127 cm³/mol. The van der Waals surface area contributed by atoms with Gasteiger partial charge in [0.1, 0.15) is 18.3 Å². The Kier molecular flexibility index (Phi) is 7.48. The van der Waals surface area contributed by atoms with Crippen molar-refractivity contribution in [3.63, 3.8) is 0 Å². The molecule has 12 heteroatoms. The highest BCUT2D eigenvalue weighted by Gasteiger charge is 2.40. The number of halogens is 3. The minimum atomic E-state index is -1.30. The lowest BCUT2D eigenvalue weighted by Gasteiger charge is -2.32. The van der Waals surface area contributed by atoms with E-state index < -0.39 is 42.2 Å². The van der Waals surface area contributed by atoms with Crippen LogP contribution in [0.15, 0.2) is 41.5 Å². The summed E-state index contributed by atoms with van der Waals surface area (Å²) in [7, 11) is 0. The van der Waals surface area contributed by atoms with Crippen LogP contribution in [0.4, 0.5) is 14.6 Å². The average molecular weight is 509 g/mol. The molecule has 2 aromatic rings. The van der Waals surface area contributed by atoms with Crippen molar-refractivity contribution in [3.05, 3.63) is 47.2 Å². The number of nitrogens with zero attached hydrogens (tertiary/aromatic N) is 4. The Labute approximate surface area is 205 Å². The molecule has 3 heterocycles. The van der Waals surface area contributed by atoms with Gasteiger partial charge in [-0.1, -0.05) is 18.2 Å². The number of aromatic nitrogens is 4. The first kappa shape index (κ1) is 25.2. The van der Waals surface area contributed by atoms with Crippen molar-refractivity contribution in [2.24, 2.45) is 0 Å². The smallest absolute Gasteiger partial charge is 0.275 e. The Morgan fingerprint density at radius 2 is 2.11 bits per heavy atom. The number of aliphatic hydroxyl groups is 2. The molecule has 35 heavy (non-hydrogen) atoms. The van der Waals surface area contributed by atoms with Crippen LogP contribution in [0.1, 0.15) is 43.1 Å². The van der Waals surface area contributed by atoms with Crippen molar-refractivity contribution in [1.82, 2.24) is 25.1 Å². The summed E-state index contributed by atoms with van der Waals surface area (Å²) in [6.45, 7) is 4.97. The minimum Gasteiger partial charge on any atom is -0.390 e. The van der Waals surface area contributed by atoms with Gasteiger partial charge in [0.25, 0.3) is 5.91 Å². The fourth-order valence-electron chi connectivity index (χ4n) is 4.54. The maximum atomic E-state index is 14.5. The van der Waals surface area contributed by atoms with Crippen LogP contribution >= 0.6 is 11.6 Å². The van der Waals surface area contributed by atoms with E-state index >= 15 is 0 Å². The number of alkyl halides is 1. The highest BCUT2D eigenvalue weighted by molar-refractivity contribution is 6.32. The number of nitrogens with one attached hydrogen (secondary N) is 2. The molecule has 5 atom stereocenters. The van der Waals surface area contributed by atoms with Crippen molar-refractivity contribution >= 4 is 34.4 Å². The summed E-state index contributed by atoms with van der Waals surface area (Å²) >= 11 is 6.25. The number of H-pyrrole nitrogens is 1. The van der Waals surface area contributed by atoms with Crippen molar-refractivity contribution < 1.29 is 23.8 Å². The topological polar surface area (TPSA) is 127 Å². The summed E-state index contributed by atoms with van der Waals surface area (Å²) in [5.41, 5.74) is 0.538. The standard InChI is InChI=1S/C23H27ClF2N6O3/c1-11(25)6-7-14(24)12(2)16-8-13(26)9-32(16)23(35)19-18-21(27-10-28-22(18)31-30-19)29-15-4-3-5-17(33)20(15)34/h6-7,10,13,15-17,20,33-34H,2-5,8-9H2,1H3,(H2,27,28,29,30,31)/b11-6+,14-7+/t13-,15+,16+,17+,20-/m0/s1. The van der Waals surface area contributed by atoms with Gasteiger partial charge < -0.3 is 20.4 Å². The number of amides is 1. The summed E-state index contributed by atoms with van der Waals surface area (Å²) in [6.07, 6.45) is 2.38.